The van der Waals surface area contributed by atoms with Crippen LogP contribution in [-0.4, -0.2) is 38.7 Å². The fourth-order valence-corrected chi connectivity index (χ4v) is 2.76. The van der Waals surface area contributed by atoms with E-state index in [0.717, 1.165) is 0 Å². The van der Waals surface area contributed by atoms with E-state index < -0.39 is 16.0 Å². The second-order valence-electron chi connectivity index (χ2n) is 4.07. The van der Waals surface area contributed by atoms with Crippen molar-refractivity contribution in [2.75, 3.05) is 13.2 Å². The zero-order valence-electron chi connectivity index (χ0n) is 9.50. The van der Waals surface area contributed by atoms with E-state index in [1.165, 1.54) is 24.3 Å². The average molecular weight is 271 g/mol. The molecule has 1 saturated heterocycles. The number of carboxylic acids is 1. The third kappa shape index (κ3) is 3.06. The third-order valence-corrected chi connectivity index (χ3v) is 4.09. The molecule has 0 aliphatic carbocycles. The van der Waals surface area contributed by atoms with Crippen molar-refractivity contribution in [1.82, 2.24) is 4.72 Å². The first-order chi connectivity index (χ1) is 8.47. The average Bonchev–Trinajstić information content (AvgIpc) is 2.24. The van der Waals surface area contributed by atoms with E-state index in [1.54, 1.807) is 0 Å². The van der Waals surface area contributed by atoms with Crippen LogP contribution >= 0.6 is 0 Å². The number of carbonyl (C=O) groups is 1. The topological polar surface area (TPSA) is 92.7 Å². The Morgan fingerprint density at radius 3 is 2.39 bits per heavy atom. The summed E-state index contributed by atoms with van der Waals surface area (Å²) in [4.78, 5) is 10.6. The van der Waals surface area contributed by atoms with Crippen molar-refractivity contribution >= 4 is 16.0 Å². The lowest BCUT2D eigenvalue weighted by atomic mass is 10.2. The second-order valence-corrected chi connectivity index (χ2v) is 5.78. The van der Waals surface area contributed by atoms with E-state index in [9.17, 15) is 13.2 Å². The van der Waals surface area contributed by atoms with Crippen LogP contribution in [0, 0.1) is 0 Å². The molecule has 1 aromatic rings. The van der Waals surface area contributed by atoms with Gasteiger partial charge in [0, 0.05) is 0 Å². The van der Waals surface area contributed by atoms with Gasteiger partial charge >= 0.3 is 5.97 Å². The summed E-state index contributed by atoms with van der Waals surface area (Å²) < 4.78 is 31.2. The molecule has 0 bridgehead atoms. The SMILES string of the molecule is O=C(O)Cc1ccc(S(=O)(=O)NC2COC2)cc1. The van der Waals surface area contributed by atoms with Gasteiger partial charge in [-0.3, -0.25) is 4.79 Å². The molecular weight excluding hydrogens is 258 g/mol. The molecule has 0 radical (unpaired) electrons. The summed E-state index contributed by atoms with van der Waals surface area (Å²) in [6.45, 7) is 0.770. The van der Waals surface area contributed by atoms with Gasteiger partial charge in [0.2, 0.25) is 10.0 Å². The smallest absolute Gasteiger partial charge is 0.307 e. The van der Waals surface area contributed by atoms with E-state index in [2.05, 4.69) is 4.72 Å². The molecule has 0 aromatic heterocycles. The van der Waals surface area contributed by atoms with Gasteiger partial charge < -0.3 is 9.84 Å². The maximum atomic E-state index is 11.9. The summed E-state index contributed by atoms with van der Waals surface area (Å²) in [5.74, 6) is -0.949. The fourth-order valence-electron chi connectivity index (χ4n) is 1.55. The molecule has 1 aliphatic rings. The molecule has 7 heteroatoms. The highest BCUT2D eigenvalue weighted by Gasteiger charge is 2.25. The van der Waals surface area contributed by atoms with E-state index in [-0.39, 0.29) is 17.4 Å². The Morgan fingerprint density at radius 2 is 1.94 bits per heavy atom. The number of aliphatic carboxylic acids is 1. The van der Waals surface area contributed by atoms with Gasteiger partial charge in [0.05, 0.1) is 30.6 Å². The predicted molar refractivity (Wildman–Crippen MR) is 62.7 cm³/mol. The molecule has 0 amide bonds. The van der Waals surface area contributed by atoms with Gasteiger partial charge in [0.15, 0.2) is 0 Å². The van der Waals surface area contributed by atoms with Gasteiger partial charge in [-0.15, -0.1) is 0 Å². The first-order valence-corrected chi connectivity index (χ1v) is 6.86. The number of nitrogens with one attached hydrogen (secondary N) is 1. The summed E-state index contributed by atoms with van der Waals surface area (Å²) in [6.07, 6.45) is -0.121. The number of rotatable bonds is 5. The molecule has 18 heavy (non-hydrogen) atoms. The van der Waals surface area contributed by atoms with E-state index in [4.69, 9.17) is 9.84 Å². The van der Waals surface area contributed by atoms with E-state index in [0.29, 0.717) is 18.8 Å². The minimum absolute atomic E-state index is 0.121. The highest BCUT2D eigenvalue weighted by Crippen LogP contribution is 2.13. The molecule has 2 N–H and O–H groups in total. The number of ether oxygens (including phenoxy) is 1. The molecule has 98 valence electrons. The molecule has 0 saturated carbocycles. The van der Waals surface area contributed by atoms with Crippen LogP contribution in [0.4, 0.5) is 0 Å². The molecule has 2 rings (SSSR count). The Bertz CT molecular complexity index is 533. The standard InChI is InChI=1S/C11H13NO5S/c13-11(14)5-8-1-3-10(4-2-8)18(15,16)12-9-6-17-7-9/h1-4,9,12H,5-7H2,(H,13,14). The Morgan fingerprint density at radius 1 is 1.33 bits per heavy atom. The van der Waals surface area contributed by atoms with Gasteiger partial charge in [-0.25, -0.2) is 13.1 Å². The van der Waals surface area contributed by atoms with Crippen molar-refractivity contribution in [1.29, 1.82) is 0 Å². The van der Waals surface area contributed by atoms with Crippen LogP contribution in [0.5, 0.6) is 0 Å². The summed E-state index contributed by atoms with van der Waals surface area (Å²) in [5, 5.41) is 8.61. The zero-order valence-corrected chi connectivity index (χ0v) is 10.3. The molecule has 1 fully saturated rings. The lowest BCUT2D eigenvalue weighted by Crippen LogP contribution is -2.48. The van der Waals surface area contributed by atoms with Crippen LogP contribution in [0.3, 0.4) is 0 Å². The molecule has 1 heterocycles. The molecular formula is C11H13NO5S. The van der Waals surface area contributed by atoms with Crippen molar-refractivity contribution in [2.45, 2.75) is 17.4 Å². The van der Waals surface area contributed by atoms with Crippen molar-refractivity contribution in [3.63, 3.8) is 0 Å². The van der Waals surface area contributed by atoms with Crippen LogP contribution in [0.15, 0.2) is 29.2 Å². The van der Waals surface area contributed by atoms with Gasteiger partial charge in [0.1, 0.15) is 0 Å². The minimum atomic E-state index is -3.54. The number of sulfonamides is 1. The zero-order chi connectivity index (χ0) is 13.2. The maximum Gasteiger partial charge on any atom is 0.307 e. The highest BCUT2D eigenvalue weighted by molar-refractivity contribution is 7.89. The van der Waals surface area contributed by atoms with Crippen LogP contribution in [-0.2, 0) is 26.0 Å². The molecule has 1 aliphatic heterocycles. The molecule has 1 aromatic carbocycles. The van der Waals surface area contributed by atoms with E-state index in [1.807, 2.05) is 0 Å². The van der Waals surface area contributed by atoms with Crippen LogP contribution in [0.25, 0.3) is 0 Å². The molecule has 6 nitrogen and oxygen atoms in total. The van der Waals surface area contributed by atoms with Crippen molar-refractivity contribution in [2.24, 2.45) is 0 Å². The monoisotopic (exact) mass is 271 g/mol. The van der Waals surface area contributed by atoms with Gasteiger partial charge in [-0.05, 0) is 17.7 Å². The number of hydrogen-bond donors (Lipinski definition) is 2. The van der Waals surface area contributed by atoms with Crippen molar-refractivity contribution < 1.29 is 23.1 Å². The lowest BCUT2D eigenvalue weighted by molar-refractivity contribution is -0.136. The summed E-state index contributed by atoms with van der Waals surface area (Å²) in [6, 6.07) is 5.63. The molecule has 0 unspecified atom stereocenters. The Kier molecular flexibility index (Phi) is 3.65. The summed E-state index contributed by atoms with van der Waals surface area (Å²) >= 11 is 0. The van der Waals surface area contributed by atoms with Crippen molar-refractivity contribution in [3.8, 4) is 0 Å². The Labute approximate surface area is 105 Å². The number of carboxylic acid groups (broad SMARTS) is 1. The van der Waals surface area contributed by atoms with Crippen LogP contribution < -0.4 is 4.72 Å². The lowest BCUT2D eigenvalue weighted by Gasteiger charge is -2.26. The predicted octanol–water partition coefficient (Wildman–Crippen LogP) is -0.00920. The molecule has 0 atom stereocenters. The fraction of sp³-hybridized carbons (Fsp3) is 0.364. The number of benzene rings is 1. The summed E-state index contributed by atoms with van der Waals surface area (Å²) in [7, 11) is -3.54. The highest BCUT2D eigenvalue weighted by atomic mass is 32.2. The second kappa shape index (κ2) is 5.05. The van der Waals surface area contributed by atoms with Crippen LogP contribution in [0.2, 0.25) is 0 Å². The first-order valence-electron chi connectivity index (χ1n) is 5.38. The first kappa shape index (κ1) is 13.0. The van der Waals surface area contributed by atoms with E-state index >= 15 is 0 Å². The largest absolute Gasteiger partial charge is 0.481 e. The maximum absolute atomic E-state index is 11.9. The minimum Gasteiger partial charge on any atom is -0.481 e. The van der Waals surface area contributed by atoms with Crippen LogP contribution in [0.1, 0.15) is 5.56 Å². The number of hydrogen-bond acceptors (Lipinski definition) is 4. The third-order valence-electron chi connectivity index (χ3n) is 2.55. The Balaban J connectivity index is 2.10. The quantitative estimate of drug-likeness (QED) is 0.785. The van der Waals surface area contributed by atoms with Gasteiger partial charge in [-0.1, -0.05) is 12.1 Å². The Hall–Kier alpha value is -1.44. The molecule has 0 spiro atoms. The normalized spacial score (nSPS) is 16.2. The summed E-state index contributed by atoms with van der Waals surface area (Å²) in [5.41, 5.74) is 0.563. The van der Waals surface area contributed by atoms with Gasteiger partial charge in [0.25, 0.3) is 0 Å². The van der Waals surface area contributed by atoms with Crippen molar-refractivity contribution in [3.05, 3.63) is 29.8 Å². The van der Waals surface area contributed by atoms with Gasteiger partial charge in [-0.2, -0.15) is 0 Å².